The molecule has 6 heteroatoms. The van der Waals surface area contributed by atoms with E-state index in [0.717, 1.165) is 29.0 Å². The highest BCUT2D eigenvalue weighted by atomic mass is 16.5. The van der Waals surface area contributed by atoms with Crippen molar-refractivity contribution >= 4 is 11.6 Å². The van der Waals surface area contributed by atoms with Crippen molar-refractivity contribution in [3.63, 3.8) is 0 Å². The van der Waals surface area contributed by atoms with E-state index in [0.29, 0.717) is 23.6 Å². The van der Waals surface area contributed by atoms with E-state index in [-0.39, 0.29) is 5.91 Å². The summed E-state index contributed by atoms with van der Waals surface area (Å²) < 4.78 is 6.94. The summed E-state index contributed by atoms with van der Waals surface area (Å²) in [7, 11) is 1.63. The molecule has 0 aliphatic rings. The van der Waals surface area contributed by atoms with Gasteiger partial charge in [-0.2, -0.15) is 5.10 Å². The first-order chi connectivity index (χ1) is 14.2. The third-order valence-corrected chi connectivity index (χ3v) is 4.63. The third-order valence-electron chi connectivity index (χ3n) is 4.63. The Bertz CT molecular complexity index is 1150. The number of aromatic nitrogens is 3. The SMILES string of the molecule is CCCNC(=O)c1cc(-c2cccc(OC)c2)nc2cc(-c3ccccc3)nn12. The number of carbonyl (C=O) groups excluding carboxylic acids is 1. The number of nitrogens with one attached hydrogen (secondary N) is 1. The minimum absolute atomic E-state index is 0.175. The number of hydrogen-bond acceptors (Lipinski definition) is 4. The number of ether oxygens (including phenoxy) is 1. The predicted molar refractivity (Wildman–Crippen MR) is 113 cm³/mol. The summed E-state index contributed by atoms with van der Waals surface area (Å²) in [6.07, 6.45) is 0.858. The molecule has 2 aromatic heterocycles. The fraction of sp³-hybridized carbons (Fsp3) is 0.174. The van der Waals surface area contributed by atoms with Gasteiger partial charge in [0.2, 0.25) is 0 Å². The van der Waals surface area contributed by atoms with Crippen LogP contribution in [0.2, 0.25) is 0 Å². The van der Waals surface area contributed by atoms with Gasteiger partial charge in [-0.05, 0) is 24.6 Å². The van der Waals surface area contributed by atoms with Crippen molar-refractivity contribution < 1.29 is 9.53 Å². The van der Waals surface area contributed by atoms with Gasteiger partial charge in [0.15, 0.2) is 5.65 Å². The largest absolute Gasteiger partial charge is 0.497 e. The molecule has 0 fully saturated rings. The van der Waals surface area contributed by atoms with Crippen LogP contribution in [0.1, 0.15) is 23.8 Å². The van der Waals surface area contributed by atoms with Gasteiger partial charge in [0.1, 0.15) is 11.4 Å². The molecule has 0 atom stereocenters. The molecule has 2 aromatic carbocycles. The lowest BCUT2D eigenvalue weighted by Gasteiger charge is -2.09. The fourth-order valence-electron chi connectivity index (χ4n) is 3.15. The topological polar surface area (TPSA) is 68.5 Å². The van der Waals surface area contributed by atoms with Gasteiger partial charge in [0.25, 0.3) is 5.91 Å². The molecule has 0 spiro atoms. The second-order valence-electron chi connectivity index (χ2n) is 6.68. The summed E-state index contributed by atoms with van der Waals surface area (Å²) in [6, 6.07) is 21.2. The van der Waals surface area contributed by atoms with Crippen molar-refractivity contribution in [3.05, 3.63) is 72.4 Å². The molecule has 6 nitrogen and oxygen atoms in total. The zero-order valence-corrected chi connectivity index (χ0v) is 16.4. The number of rotatable bonds is 6. The summed E-state index contributed by atoms with van der Waals surface area (Å²) in [6.45, 7) is 2.62. The van der Waals surface area contributed by atoms with E-state index < -0.39 is 0 Å². The van der Waals surface area contributed by atoms with Crippen molar-refractivity contribution in [3.8, 4) is 28.3 Å². The highest BCUT2D eigenvalue weighted by molar-refractivity contribution is 5.94. The smallest absolute Gasteiger partial charge is 0.270 e. The maximum atomic E-state index is 12.8. The zero-order chi connectivity index (χ0) is 20.2. The monoisotopic (exact) mass is 386 g/mol. The average Bonchev–Trinajstić information content (AvgIpc) is 3.21. The second-order valence-corrected chi connectivity index (χ2v) is 6.68. The van der Waals surface area contributed by atoms with E-state index in [1.165, 1.54) is 0 Å². The summed E-state index contributed by atoms with van der Waals surface area (Å²) in [5.74, 6) is 0.561. The van der Waals surface area contributed by atoms with Crippen LogP contribution in [-0.4, -0.2) is 34.2 Å². The molecule has 4 rings (SSSR count). The van der Waals surface area contributed by atoms with Crippen molar-refractivity contribution in [2.45, 2.75) is 13.3 Å². The fourth-order valence-corrected chi connectivity index (χ4v) is 3.15. The Morgan fingerprint density at radius 3 is 2.55 bits per heavy atom. The van der Waals surface area contributed by atoms with Crippen LogP contribution in [-0.2, 0) is 0 Å². The minimum atomic E-state index is -0.175. The number of fused-ring (bicyclic) bond motifs is 1. The zero-order valence-electron chi connectivity index (χ0n) is 16.4. The van der Waals surface area contributed by atoms with Crippen LogP contribution in [0, 0.1) is 0 Å². The van der Waals surface area contributed by atoms with Crippen LogP contribution in [0.25, 0.3) is 28.2 Å². The molecule has 0 radical (unpaired) electrons. The lowest BCUT2D eigenvalue weighted by molar-refractivity contribution is 0.0946. The van der Waals surface area contributed by atoms with Crippen LogP contribution < -0.4 is 10.1 Å². The summed E-state index contributed by atoms with van der Waals surface area (Å²) in [5.41, 5.74) is 4.37. The summed E-state index contributed by atoms with van der Waals surface area (Å²) in [5, 5.41) is 7.59. The Morgan fingerprint density at radius 1 is 1.00 bits per heavy atom. The molecule has 0 unspecified atom stereocenters. The lowest BCUT2D eigenvalue weighted by atomic mass is 10.1. The summed E-state index contributed by atoms with van der Waals surface area (Å²) in [4.78, 5) is 17.6. The van der Waals surface area contributed by atoms with Crippen LogP contribution >= 0.6 is 0 Å². The third kappa shape index (κ3) is 3.82. The Hall–Kier alpha value is -3.67. The van der Waals surface area contributed by atoms with Crippen LogP contribution in [0.15, 0.2) is 66.7 Å². The molecular formula is C23H22N4O2. The maximum absolute atomic E-state index is 12.8. The molecule has 0 aliphatic carbocycles. The van der Waals surface area contributed by atoms with Crippen molar-refractivity contribution in [2.24, 2.45) is 0 Å². The van der Waals surface area contributed by atoms with E-state index in [9.17, 15) is 4.79 Å². The van der Waals surface area contributed by atoms with Gasteiger partial charge < -0.3 is 10.1 Å². The van der Waals surface area contributed by atoms with Gasteiger partial charge in [0.05, 0.1) is 18.5 Å². The predicted octanol–water partition coefficient (Wildman–Crippen LogP) is 4.21. The van der Waals surface area contributed by atoms with Crippen molar-refractivity contribution in [2.75, 3.05) is 13.7 Å². The molecule has 0 bridgehead atoms. The van der Waals surface area contributed by atoms with E-state index in [1.807, 2.05) is 67.6 Å². The molecular weight excluding hydrogens is 364 g/mol. The Morgan fingerprint density at radius 2 is 1.79 bits per heavy atom. The van der Waals surface area contributed by atoms with Crippen LogP contribution in [0.5, 0.6) is 5.75 Å². The molecule has 1 amide bonds. The molecule has 0 aliphatic heterocycles. The minimum Gasteiger partial charge on any atom is -0.497 e. The van der Waals surface area contributed by atoms with Gasteiger partial charge in [-0.25, -0.2) is 9.50 Å². The Balaban J connectivity index is 1.88. The van der Waals surface area contributed by atoms with Crippen LogP contribution in [0.3, 0.4) is 0 Å². The quantitative estimate of drug-likeness (QED) is 0.539. The van der Waals surface area contributed by atoms with Gasteiger partial charge in [0, 0.05) is 23.7 Å². The molecule has 0 saturated carbocycles. The van der Waals surface area contributed by atoms with E-state index in [2.05, 4.69) is 10.4 Å². The van der Waals surface area contributed by atoms with E-state index >= 15 is 0 Å². The number of benzene rings is 2. The van der Waals surface area contributed by atoms with E-state index in [1.54, 1.807) is 17.7 Å². The van der Waals surface area contributed by atoms with Gasteiger partial charge >= 0.3 is 0 Å². The molecule has 1 N–H and O–H groups in total. The Labute approximate surface area is 169 Å². The molecule has 146 valence electrons. The van der Waals surface area contributed by atoms with E-state index in [4.69, 9.17) is 9.72 Å². The van der Waals surface area contributed by atoms with Crippen molar-refractivity contribution in [1.29, 1.82) is 0 Å². The first-order valence-corrected chi connectivity index (χ1v) is 9.58. The van der Waals surface area contributed by atoms with Gasteiger partial charge in [-0.1, -0.05) is 49.4 Å². The summed E-state index contributed by atoms with van der Waals surface area (Å²) >= 11 is 0. The number of methoxy groups -OCH3 is 1. The van der Waals surface area contributed by atoms with Crippen molar-refractivity contribution in [1.82, 2.24) is 19.9 Å². The second kappa shape index (κ2) is 8.14. The van der Waals surface area contributed by atoms with Gasteiger partial charge in [-0.15, -0.1) is 0 Å². The molecule has 0 saturated heterocycles. The number of amides is 1. The highest BCUT2D eigenvalue weighted by Gasteiger charge is 2.17. The lowest BCUT2D eigenvalue weighted by Crippen LogP contribution is -2.26. The van der Waals surface area contributed by atoms with Crippen LogP contribution in [0.4, 0.5) is 0 Å². The normalized spacial score (nSPS) is 10.8. The molecule has 29 heavy (non-hydrogen) atoms. The molecule has 4 aromatic rings. The maximum Gasteiger partial charge on any atom is 0.270 e. The van der Waals surface area contributed by atoms with Gasteiger partial charge in [-0.3, -0.25) is 4.79 Å². The number of carbonyl (C=O) groups is 1. The molecule has 2 heterocycles. The Kier molecular flexibility index (Phi) is 5.24. The average molecular weight is 386 g/mol. The standard InChI is InChI=1S/C23H22N4O2/c1-3-12-24-23(28)21-14-19(17-10-7-11-18(13-17)29-2)25-22-15-20(26-27(21)22)16-8-5-4-6-9-16/h4-11,13-15H,3,12H2,1-2H3,(H,24,28). The first-order valence-electron chi connectivity index (χ1n) is 9.58. The number of hydrogen-bond donors (Lipinski definition) is 1. The highest BCUT2D eigenvalue weighted by Crippen LogP contribution is 2.26. The number of nitrogens with zero attached hydrogens (tertiary/aromatic N) is 3. The first kappa shape index (κ1) is 18.7.